The molecule has 1 saturated heterocycles. The van der Waals surface area contributed by atoms with Crippen molar-refractivity contribution < 1.29 is 19.1 Å². The van der Waals surface area contributed by atoms with Crippen molar-refractivity contribution in [3.8, 4) is 0 Å². The van der Waals surface area contributed by atoms with E-state index in [4.69, 9.17) is 5.11 Å². The number of nitrogens with zero attached hydrogens (tertiary/aromatic N) is 1. The normalized spacial score (nSPS) is 18.6. The second-order valence-corrected chi connectivity index (χ2v) is 5.80. The zero-order valence-electron chi connectivity index (χ0n) is 12.2. The van der Waals surface area contributed by atoms with E-state index in [9.17, 15) is 14.0 Å². The van der Waals surface area contributed by atoms with Crippen LogP contribution in [0.1, 0.15) is 28.9 Å². The number of halogens is 1. The highest BCUT2D eigenvalue weighted by atomic mass is 19.1. The summed E-state index contributed by atoms with van der Waals surface area (Å²) in [5.74, 6) is -1.97. The van der Waals surface area contributed by atoms with E-state index in [1.807, 2.05) is 0 Å². The molecule has 0 radical (unpaired) electrons. The lowest BCUT2D eigenvalue weighted by molar-refractivity contribution is -0.143. The molecule has 1 atom stereocenters. The third-order valence-electron chi connectivity index (χ3n) is 4.20. The molecule has 0 spiro atoms. The second kappa shape index (κ2) is 5.44. The summed E-state index contributed by atoms with van der Waals surface area (Å²) in [6.07, 6.45) is 1.27. The van der Waals surface area contributed by atoms with Crippen LogP contribution in [0.25, 0.3) is 10.9 Å². The number of carboxylic acids is 1. The molecule has 1 aliphatic heterocycles. The number of aryl methyl sites for hydroxylation is 1. The molecule has 1 fully saturated rings. The smallest absolute Gasteiger partial charge is 0.308 e. The first kappa shape index (κ1) is 14.6. The van der Waals surface area contributed by atoms with Gasteiger partial charge in [0.2, 0.25) is 0 Å². The van der Waals surface area contributed by atoms with Gasteiger partial charge in [-0.25, -0.2) is 4.39 Å². The van der Waals surface area contributed by atoms with Gasteiger partial charge in [0.15, 0.2) is 0 Å². The fourth-order valence-corrected chi connectivity index (χ4v) is 3.02. The number of benzene rings is 1. The molecule has 2 heterocycles. The van der Waals surface area contributed by atoms with Gasteiger partial charge in [-0.3, -0.25) is 9.59 Å². The quantitative estimate of drug-likeness (QED) is 0.895. The highest BCUT2D eigenvalue weighted by Gasteiger charge is 2.29. The van der Waals surface area contributed by atoms with E-state index >= 15 is 0 Å². The number of carbonyl (C=O) groups excluding carboxylic acids is 1. The first-order valence-corrected chi connectivity index (χ1v) is 7.26. The number of carboxylic acid groups (broad SMARTS) is 1. The second-order valence-electron chi connectivity index (χ2n) is 5.80. The van der Waals surface area contributed by atoms with Crippen LogP contribution in [0.15, 0.2) is 18.2 Å². The highest BCUT2D eigenvalue weighted by Crippen LogP contribution is 2.24. The number of rotatable bonds is 2. The molecule has 1 unspecified atom stereocenters. The van der Waals surface area contributed by atoms with Gasteiger partial charge in [0.25, 0.3) is 5.91 Å². The van der Waals surface area contributed by atoms with E-state index in [1.54, 1.807) is 17.9 Å². The SMILES string of the molecule is Cc1cc(F)cc2[nH]c(C(=O)N3CCCC(C(=O)O)C3)cc12. The molecule has 6 heteroatoms. The molecule has 3 rings (SSSR count). The molecule has 1 aliphatic rings. The summed E-state index contributed by atoms with van der Waals surface area (Å²) in [5.41, 5.74) is 1.70. The van der Waals surface area contributed by atoms with E-state index < -0.39 is 11.9 Å². The monoisotopic (exact) mass is 304 g/mol. The predicted octanol–water partition coefficient (Wildman–Crippen LogP) is 2.55. The summed E-state index contributed by atoms with van der Waals surface area (Å²) < 4.78 is 13.4. The Bertz CT molecular complexity index is 753. The minimum Gasteiger partial charge on any atom is -0.481 e. The third kappa shape index (κ3) is 2.56. The maximum Gasteiger partial charge on any atom is 0.308 e. The van der Waals surface area contributed by atoms with Gasteiger partial charge in [-0.05, 0) is 43.5 Å². The number of nitrogens with one attached hydrogen (secondary N) is 1. The van der Waals surface area contributed by atoms with Crippen molar-refractivity contribution in [1.29, 1.82) is 0 Å². The third-order valence-corrected chi connectivity index (χ3v) is 4.20. The number of amides is 1. The first-order valence-electron chi connectivity index (χ1n) is 7.26. The van der Waals surface area contributed by atoms with Crippen molar-refractivity contribution in [2.24, 2.45) is 5.92 Å². The van der Waals surface area contributed by atoms with E-state index in [0.717, 1.165) is 10.9 Å². The van der Waals surface area contributed by atoms with E-state index in [0.29, 0.717) is 30.6 Å². The number of hydrogen-bond acceptors (Lipinski definition) is 2. The Morgan fingerprint density at radius 2 is 2.14 bits per heavy atom. The van der Waals surface area contributed by atoms with Crippen molar-refractivity contribution in [2.45, 2.75) is 19.8 Å². The minimum absolute atomic E-state index is 0.219. The number of aliphatic carboxylic acids is 1. The lowest BCUT2D eigenvalue weighted by atomic mass is 9.98. The van der Waals surface area contributed by atoms with Crippen molar-refractivity contribution in [3.05, 3.63) is 35.3 Å². The Labute approximate surface area is 126 Å². The Morgan fingerprint density at radius 1 is 1.36 bits per heavy atom. The molecule has 1 aromatic carbocycles. The van der Waals surface area contributed by atoms with Gasteiger partial charge in [-0.15, -0.1) is 0 Å². The molecular weight excluding hydrogens is 287 g/mol. The summed E-state index contributed by atoms with van der Waals surface area (Å²) in [4.78, 5) is 28.1. The average molecular weight is 304 g/mol. The summed E-state index contributed by atoms with van der Waals surface area (Å²) in [5, 5.41) is 9.90. The number of H-pyrrole nitrogens is 1. The number of aromatic nitrogens is 1. The highest BCUT2D eigenvalue weighted by molar-refractivity contribution is 5.99. The van der Waals surface area contributed by atoms with Crippen LogP contribution in [0.4, 0.5) is 4.39 Å². The fourth-order valence-electron chi connectivity index (χ4n) is 3.02. The summed E-state index contributed by atoms with van der Waals surface area (Å²) >= 11 is 0. The Balaban J connectivity index is 1.89. The molecule has 0 saturated carbocycles. The van der Waals surface area contributed by atoms with Crippen molar-refractivity contribution >= 4 is 22.8 Å². The number of carbonyl (C=O) groups is 2. The van der Waals surface area contributed by atoms with Crippen LogP contribution in [0.3, 0.4) is 0 Å². The van der Waals surface area contributed by atoms with E-state index in [-0.39, 0.29) is 18.3 Å². The zero-order chi connectivity index (χ0) is 15.9. The van der Waals surface area contributed by atoms with Crippen molar-refractivity contribution in [2.75, 3.05) is 13.1 Å². The number of piperidine rings is 1. The topological polar surface area (TPSA) is 73.4 Å². The van der Waals surface area contributed by atoms with Crippen LogP contribution in [-0.2, 0) is 4.79 Å². The average Bonchev–Trinajstić information content (AvgIpc) is 2.90. The molecule has 5 nitrogen and oxygen atoms in total. The number of aromatic amines is 1. The van der Waals surface area contributed by atoms with Gasteiger partial charge in [0, 0.05) is 24.0 Å². The summed E-state index contributed by atoms with van der Waals surface area (Å²) in [6.45, 7) is 2.55. The fraction of sp³-hybridized carbons (Fsp3) is 0.375. The Morgan fingerprint density at radius 3 is 2.86 bits per heavy atom. The molecule has 0 bridgehead atoms. The molecule has 1 aromatic heterocycles. The first-order chi connectivity index (χ1) is 10.5. The molecule has 0 aliphatic carbocycles. The Kier molecular flexibility index (Phi) is 3.60. The van der Waals surface area contributed by atoms with E-state index in [1.165, 1.54) is 12.1 Å². The van der Waals surface area contributed by atoms with Gasteiger partial charge >= 0.3 is 5.97 Å². The van der Waals surface area contributed by atoms with Crippen molar-refractivity contribution in [1.82, 2.24) is 9.88 Å². The number of hydrogen-bond donors (Lipinski definition) is 2. The minimum atomic E-state index is -0.868. The molecule has 116 valence electrons. The van der Waals surface area contributed by atoms with Crippen LogP contribution < -0.4 is 0 Å². The maximum absolute atomic E-state index is 13.4. The lowest BCUT2D eigenvalue weighted by Gasteiger charge is -2.30. The van der Waals surface area contributed by atoms with Crippen LogP contribution >= 0.6 is 0 Å². The van der Waals surface area contributed by atoms with Crippen LogP contribution in [0.2, 0.25) is 0 Å². The summed E-state index contributed by atoms with van der Waals surface area (Å²) in [7, 11) is 0. The predicted molar refractivity (Wildman–Crippen MR) is 79.3 cm³/mol. The van der Waals surface area contributed by atoms with Gasteiger partial charge < -0.3 is 15.0 Å². The Hall–Kier alpha value is -2.37. The molecule has 22 heavy (non-hydrogen) atoms. The maximum atomic E-state index is 13.4. The molecule has 2 aromatic rings. The number of fused-ring (bicyclic) bond motifs is 1. The molecular formula is C16H17FN2O3. The van der Waals surface area contributed by atoms with Gasteiger partial charge in [-0.2, -0.15) is 0 Å². The van der Waals surface area contributed by atoms with Gasteiger partial charge in [-0.1, -0.05) is 0 Å². The molecule has 1 amide bonds. The van der Waals surface area contributed by atoms with E-state index in [2.05, 4.69) is 4.98 Å². The van der Waals surface area contributed by atoms with Crippen LogP contribution in [0, 0.1) is 18.7 Å². The largest absolute Gasteiger partial charge is 0.481 e. The molecule has 2 N–H and O–H groups in total. The van der Waals surface area contributed by atoms with Crippen LogP contribution in [-0.4, -0.2) is 40.0 Å². The van der Waals surface area contributed by atoms with Gasteiger partial charge in [0.1, 0.15) is 11.5 Å². The standard InChI is InChI=1S/C16H17FN2O3/c1-9-5-11(17)6-13-12(9)7-14(18-13)15(20)19-4-2-3-10(8-19)16(21)22/h5-7,10,18H,2-4,8H2,1H3,(H,21,22). The van der Waals surface area contributed by atoms with Crippen LogP contribution in [0.5, 0.6) is 0 Å². The lowest BCUT2D eigenvalue weighted by Crippen LogP contribution is -2.42. The van der Waals surface area contributed by atoms with Gasteiger partial charge in [0.05, 0.1) is 5.92 Å². The summed E-state index contributed by atoms with van der Waals surface area (Å²) in [6, 6.07) is 4.48. The van der Waals surface area contributed by atoms with Crippen molar-refractivity contribution in [3.63, 3.8) is 0 Å². The number of likely N-dealkylation sites (tertiary alicyclic amines) is 1. The zero-order valence-corrected chi connectivity index (χ0v) is 12.2.